The van der Waals surface area contributed by atoms with Crippen LogP contribution in [-0.2, 0) is 0 Å². The molecule has 0 rings (SSSR count). The lowest BCUT2D eigenvalue weighted by molar-refractivity contribution is 0.802. The first-order chi connectivity index (χ1) is 8.24. The van der Waals surface area contributed by atoms with Crippen LogP contribution in [0.2, 0.25) is 18.1 Å². The van der Waals surface area contributed by atoms with E-state index in [1.165, 1.54) is 56.7 Å². The lowest BCUT2D eigenvalue weighted by Gasteiger charge is -2.26. The third-order valence-electron chi connectivity index (χ3n) is 3.51. The lowest BCUT2D eigenvalue weighted by atomic mass is 10.4. The quantitative estimate of drug-likeness (QED) is 0.369. The molecule has 0 saturated carbocycles. The van der Waals surface area contributed by atoms with Gasteiger partial charge < -0.3 is 0 Å². The Kier molecular flexibility index (Phi) is 10.8. The molecule has 0 bridgehead atoms. The zero-order valence-electron chi connectivity index (χ0n) is 12.4. The third kappa shape index (κ3) is 7.66. The van der Waals surface area contributed by atoms with Gasteiger partial charge in [0.05, 0.1) is 0 Å². The van der Waals surface area contributed by atoms with Gasteiger partial charge in [0.2, 0.25) is 0 Å². The normalized spacial score (nSPS) is 11.1. The summed E-state index contributed by atoms with van der Waals surface area (Å²) in [5.74, 6) is 3.30. The first-order valence-corrected chi connectivity index (χ1v) is 10.2. The minimum atomic E-state index is -1.27. The zero-order valence-corrected chi connectivity index (χ0v) is 13.4. The minimum Gasteiger partial charge on any atom is -0.131 e. The third-order valence-corrected chi connectivity index (χ3v) is 8.11. The SMILES string of the molecule is C[CH]C#C[Si](CCCC)(CCCC)CCCC. The van der Waals surface area contributed by atoms with Crippen molar-refractivity contribution in [2.45, 2.75) is 84.4 Å². The average Bonchev–Trinajstić information content (AvgIpc) is 2.37. The van der Waals surface area contributed by atoms with Gasteiger partial charge in [-0.05, 0) is 18.1 Å². The van der Waals surface area contributed by atoms with Crippen LogP contribution in [0.5, 0.6) is 0 Å². The highest BCUT2D eigenvalue weighted by molar-refractivity contribution is 6.87. The molecular formula is C16H31Si. The summed E-state index contributed by atoms with van der Waals surface area (Å²) in [6, 6.07) is 4.30. The standard InChI is InChI=1S/C16H31Si/c1-5-9-13-17(14-10-6-2,15-11-7-3)16-12-8-4/h5H,6-8,10-12,14-16H2,1-4H3. The Morgan fingerprint density at radius 2 is 1.24 bits per heavy atom. The van der Waals surface area contributed by atoms with Gasteiger partial charge in [-0.15, -0.1) is 11.5 Å². The molecular weight excluding hydrogens is 220 g/mol. The molecule has 0 aromatic rings. The van der Waals surface area contributed by atoms with E-state index in [2.05, 4.69) is 39.2 Å². The molecule has 0 aliphatic carbocycles. The van der Waals surface area contributed by atoms with Crippen LogP contribution in [0.15, 0.2) is 0 Å². The smallest absolute Gasteiger partial charge is 0.131 e. The Morgan fingerprint density at radius 1 is 0.824 bits per heavy atom. The fourth-order valence-corrected chi connectivity index (χ4v) is 7.00. The van der Waals surface area contributed by atoms with Crippen molar-refractivity contribution in [3.05, 3.63) is 6.42 Å². The summed E-state index contributed by atoms with van der Waals surface area (Å²) in [4.78, 5) is 0. The van der Waals surface area contributed by atoms with E-state index in [1.54, 1.807) is 0 Å². The average molecular weight is 252 g/mol. The molecule has 0 aromatic heterocycles. The maximum Gasteiger partial charge on any atom is 0.138 e. The highest BCUT2D eigenvalue weighted by Gasteiger charge is 2.29. The molecule has 17 heavy (non-hydrogen) atoms. The highest BCUT2D eigenvalue weighted by Crippen LogP contribution is 2.27. The van der Waals surface area contributed by atoms with Crippen molar-refractivity contribution in [2.75, 3.05) is 0 Å². The predicted octanol–water partition coefficient (Wildman–Crippen LogP) is 5.60. The van der Waals surface area contributed by atoms with E-state index < -0.39 is 8.07 Å². The Bertz CT molecular complexity index is 200. The van der Waals surface area contributed by atoms with Crippen LogP contribution in [0.25, 0.3) is 0 Å². The molecule has 0 nitrogen and oxygen atoms in total. The molecule has 0 fully saturated rings. The fraction of sp³-hybridized carbons (Fsp3) is 0.812. The Balaban J connectivity index is 4.63. The molecule has 0 aromatic carbocycles. The summed E-state index contributed by atoms with van der Waals surface area (Å²) in [6.07, 6.45) is 10.2. The van der Waals surface area contributed by atoms with E-state index in [4.69, 9.17) is 0 Å². The number of rotatable bonds is 9. The molecule has 0 aliphatic rings. The number of hydrogen-bond donors (Lipinski definition) is 0. The summed E-state index contributed by atoms with van der Waals surface area (Å²) < 4.78 is 0. The van der Waals surface area contributed by atoms with E-state index in [0.717, 1.165) is 0 Å². The summed E-state index contributed by atoms with van der Waals surface area (Å²) in [6.45, 7) is 8.97. The molecule has 0 spiro atoms. The number of unbranched alkanes of at least 4 members (excludes halogenated alkanes) is 3. The second kappa shape index (κ2) is 10.9. The molecule has 0 amide bonds. The Morgan fingerprint density at radius 3 is 1.53 bits per heavy atom. The minimum absolute atomic E-state index is 1.27. The topological polar surface area (TPSA) is 0 Å². The second-order valence-corrected chi connectivity index (χ2v) is 9.46. The summed E-state index contributed by atoms with van der Waals surface area (Å²) >= 11 is 0. The largest absolute Gasteiger partial charge is 0.138 e. The Hall–Kier alpha value is -0.223. The van der Waals surface area contributed by atoms with Gasteiger partial charge in [-0.25, -0.2) is 0 Å². The molecule has 0 aliphatic heterocycles. The molecule has 0 N–H and O–H groups in total. The number of hydrogen-bond acceptors (Lipinski definition) is 0. The summed E-state index contributed by atoms with van der Waals surface area (Å²) in [5.41, 5.74) is 3.72. The maximum atomic E-state index is 3.72. The van der Waals surface area contributed by atoms with Gasteiger partial charge in [0.25, 0.3) is 0 Å². The fourth-order valence-electron chi connectivity index (χ4n) is 2.33. The van der Waals surface area contributed by atoms with Crippen LogP contribution < -0.4 is 0 Å². The zero-order chi connectivity index (χ0) is 13.0. The molecule has 1 heteroatoms. The van der Waals surface area contributed by atoms with Crippen molar-refractivity contribution in [2.24, 2.45) is 0 Å². The van der Waals surface area contributed by atoms with E-state index >= 15 is 0 Å². The van der Waals surface area contributed by atoms with Crippen molar-refractivity contribution >= 4 is 8.07 Å². The van der Waals surface area contributed by atoms with Gasteiger partial charge in [-0.2, -0.15) is 0 Å². The van der Waals surface area contributed by atoms with Crippen LogP contribution in [0.1, 0.15) is 66.2 Å². The van der Waals surface area contributed by atoms with Crippen molar-refractivity contribution in [1.82, 2.24) is 0 Å². The highest BCUT2D eigenvalue weighted by atomic mass is 28.3. The van der Waals surface area contributed by atoms with Crippen molar-refractivity contribution in [3.8, 4) is 11.5 Å². The maximum absolute atomic E-state index is 3.72. The van der Waals surface area contributed by atoms with Crippen molar-refractivity contribution in [3.63, 3.8) is 0 Å². The first-order valence-electron chi connectivity index (χ1n) is 7.55. The molecule has 99 valence electrons. The lowest BCUT2D eigenvalue weighted by Crippen LogP contribution is -2.32. The van der Waals surface area contributed by atoms with Gasteiger partial charge in [-0.1, -0.05) is 66.2 Å². The molecule has 0 unspecified atom stereocenters. The summed E-state index contributed by atoms with van der Waals surface area (Å²) in [5, 5.41) is 0. The summed E-state index contributed by atoms with van der Waals surface area (Å²) in [7, 11) is -1.27. The molecule has 0 saturated heterocycles. The van der Waals surface area contributed by atoms with E-state index in [9.17, 15) is 0 Å². The van der Waals surface area contributed by atoms with Gasteiger partial charge >= 0.3 is 0 Å². The van der Waals surface area contributed by atoms with E-state index in [-0.39, 0.29) is 0 Å². The van der Waals surface area contributed by atoms with Crippen LogP contribution in [0.3, 0.4) is 0 Å². The predicted molar refractivity (Wildman–Crippen MR) is 82.6 cm³/mol. The van der Waals surface area contributed by atoms with Gasteiger partial charge in [-0.3, -0.25) is 0 Å². The van der Waals surface area contributed by atoms with E-state index in [0.29, 0.717) is 0 Å². The Labute approximate surface area is 111 Å². The first kappa shape index (κ1) is 16.8. The van der Waals surface area contributed by atoms with Gasteiger partial charge in [0.1, 0.15) is 8.07 Å². The monoisotopic (exact) mass is 251 g/mol. The van der Waals surface area contributed by atoms with Gasteiger partial charge in [0.15, 0.2) is 0 Å². The molecule has 1 radical (unpaired) electrons. The molecule has 0 atom stereocenters. The van der Waals surface area contributed by atoms with Crippen LogP contribution in [0.4, 0.5) is 0 Å². The van der Waals surface area contributed by atoms with Crippen molar-refractivity contribution < 1.29 is 0 Å². The van der Waals surface area contributed by atoms with Crippen LogP contribution >= 0.6 is 0 Å². The van der Waals surface area contributed by atoms with E-state index in [1.807, 2.05) is 6.42 Å². The van der Waals surface area contributed by atoms with Crippen LogP contribution in [-0.4, -0.2) is 8.07 Å². The van der Waals surface area contributed by atoms with Crippen LogP contribution in [0, 0.1) is 17.9 Å². The molecule has 0 heterocycles. The van der Waals surface area contributed by atoms with Gasteiger partial charge in [0, 0.05) is 6.42 Å². The van der Waals surface area contributed by atoms with Crippen molar-refractivity contribution in [1.29, 1.82) is 0 Å². The second-order valence-electron chi connectivity index (χ2n) is 5.15.